The first-order chi connectivity index (χ1) is 8.08. The van der Waals surface area contributed by atoms with Gasteiger partial charge in [0.15, 0.2) is 5.69 Å². The molecule has 17 heavy (non-hydrogen) atoms. The molecule has 0 saturated heterocycles. The van der Waals surface area contributed by atoms with Crippen molar-refractivity contribution in [1.29, 1.82) is 0 Å². The Morgan fingerprint density at radius 2 is 2.06 bits per heavy atom. The molecule has 1 aromatic heterocycles. The van der Waals surface area contributed by atoms with Crippen LogP contribution in [0, 0.1) is 0 Å². The summed E-state index contributed by atoms with van der Waals surface area (Å²) in [6.45, 7) is 0. The number of pyridine rings is 1. The lowest BCUT2D eigenvalue weighted by molar-refractivity contribution is 0.0691. The van der Waals surface area contributed by atoms with Crippen molar-refractivity contribution in [1.82, 2.24) is 9.99 Å². The Morgan fingerprint density at radius 1 is 1.35 bits per heavy atom. The van der Waals surface area contributed by atoms with Gasteiger partial charge in [-0.3, -0.25) is 0 Å². The first-order valence-corrected chi connectivity index (χ1v) is 5.15. The summed E-state index contributed by atoms with van der Waals surface area (Å²) in [4.78, 5) is 15.1. The lowest BCUT2D eigenvalue weighted by Gasteiger charge is -2.15. The van der Waals surface area contributed by atoms with Gasteiger partial charge in [-0.25, -0.2) is 14.8 Å². The van der Waals surface area contributed by atoms with Gasteiger partial charge >= 0.3 is 5.97 Å². The molecule has 0 spiro atoms. The van der Waals surface area contributed by atoms with Crippen molar-refractivity contribution in [2.45, 2.75) is 0 Å². The van der Waals surface area contributed by atoms with Crippen LogP contribution in [0.25, 0.3) is 10.9 Å². The van der Waals surface area contributed by atoms with Gasteiger partial charge in [0.1, 0.15) is 0 Å². The number of hydrogen-bond donors (Lipinski definition) is 2. The fourth-order valence-electron chi connectivity index (χ4n) is 1.62. The fourth-order valence-corrected chi connectivity index (χ4v) is 1.62. The van der Waals surface area contributed by atoms with Crippen LogP contribution in [0.2, 0.25) is 0 Å². The smallest absolute Gasteiger partial charge is 0.354 e. The number of fused-ring (bicyclic) bond motifs is 1. The summed E-state index contributed by atoms with van der Waals surface area (Å²) in [5.74, 6) is -1.03. The van der Waals surface area contributed by atoms with E-state index in [-0.39, 0.29) is 5.69 Å². The van der Waals surface area contributed by atoms with Crippen LogP contribution in [-0.2, 0) is 0 Å². The van der Waals surface area contributed by atoms with E-state index in [4.69, 9.17) is 5.11 Å². The number of para-hydroxylation sites is 1. The van der Waals surface area contributed by atoms with E-state index < -0.39 is 5.97 Å². The maximum absolute atomic E-state index is 11.0. The van der Waals surface area contributed by atoms with Gasteiger partial charge in [-0.05, 0) is 12.1 Å². The second-order valence-corrected chi connectivity index (χ2v) is 3.88. The second kappa shape index (κ2) is 4.39. The topological polar surface area (TPSA) is 65.5 Å². The van der Waals surface area contributed by atoms with Gasteiger partial charge < -0.3 is 10.5 Å². The number of hydrazine groups is 1. The van der Waals surface area contributed by atoms with Crippen LogP contribution in [0.1, 0.15) is 10.5 Å². The molecule has 0 fully saturated rings. The Balaban J connectivity index is 2.64. The number of nitrogens with one attached hydrogen (secondary N) is 1. The number of rotatable bonds is 3. The van der Waals surface area contributed by atoms with E-state index in [0.717, 1.165) is 11.1 Å². The molecule has 0 aliphatic heterocycles. The van der Waals surface area contributed by atoms with E-state index in [1.54, 1.807) is 11.1 Å². The van der Waals surface area contributed by atoms with E-state index >= 15 is 0 Å². The van der Waals surface area contributed by atoms with E-state index in [1.807, 2.05) is 32.3 Å². The number of anilines is 1. The third kappa shape index (κ3) is 2.34. The Labute approximate surface area is 98.7 Å². The summed E-state index contributed by atoms with van der Waals surface area (Å²) < 4.78 is 0. The molecule has 0 unspecified atom stereocenters. The summed E-state index contributed by atoms with van der Waals surface area (Å²) in [6, 6.07) is 8.96. The molecule has 2 rings (SSSR count). The molecule has 0 aliphatic rings. The molecule has 2 aromatic rings. The van der Waals surface area contributed by atoms with Crippen LogP contribution in [0.4, 0.5) is 5.69 Å². The predicted octanol–water partition coefficient (Wildman–Crippen LogP) is 1.82. The zero-order valence-corrected chi connectivity index (χ0v) is 9.64. The van der Waals surface area contributed by atoms with Crippen molar-refractivity contribution < 1.29 is 9.90 Å². The van der Waals surface area contributed by atoms with Crippen LogP contribution in [-0.4, -0.2) is 35.2 Å². The maximum atomic E-state index is 11.0. The highest BCUT2D eigenvalue weighted by atomic mass is 16.4. The minimum absolute atomic E-state index is 0.0352. The van der Waals surface area contributed by atoms with Crippen molar-refractivity contribution in [3.8, 4) is 0 Å². The van der Waals surface area contributed by atoms with Crippen molar-refractivity contribution in [2.75, 3.05) is 19.5 Å². The zero-order valence-electron chi connectivity index (χ0n) is 9.64. The quantitative estimate of drug-likeness (QED) is 0.789. The molecule has 0 saturated carbocycles. The molecule has 1 aromatic carbocycles. The molecule has 2 N–H and O–H groups in total. The molecule has 5 heteroatoms. The van der Waals surface area contributed by atoms with Gasteiger partial charge in [-0.1, -0.05) is 18.2 Å². The predicted molar refractivity (Wildman–Crippen MR) is 66.0 cm³/mol. The average Bonchev–Trinajstić information content (AvgIpc) is 2.28. The molecule has 0 amide bonds. The Bertz CT molecular complexity index is 567. The first-order valence-electron chi connectivity index (χ1n) is 5.15. The number of carboxylic acids is 1. The van der Waals surface area contributed by atoms with E-state index in [2.05, 4.69) is 10.4 Å². The Hall–Kier alpha value is -2.14. The molecule has 1 heterocycles. The Kier molecular flexibility index (Phi) is 2.93. The fraction of sp³-hybridized carbons (Fsp3) is 0.167. The largest absolute Gasteiger partial charge is 0.477 e. The number of nitrogens with zero attached hydrogens (tertiary/aromatic N) is 2. The number of benzene rings is 1. The maximum Gasteiger partial charge on any atom is 0.354 e. The number of aromatic carboxylic acids is 1. The molecular formula is C12H13N3O2. The third-order valence-electron chi connectivity index (χ3n) is 2.28. The average molecular weight is 231 g/mol. The molecule has 0 radical (unpaired) electrons. The number of aromatic nitrogens is 1. The lowest BCUT2D eigenvalue weighted by atomic mass is 10.1. The minimum atomic E-state index is -1.03. The van der Waals surface area contributed by atoms with Crippen molar-refractivity contribution in [3.63, 3.8) is 0 Å². The summed E-state index contributed by atoms with van der Waals surface area (Å²) in [5.41, 5.74) is 4.51. The van der Waals surface area contributed by atoms with Crippen LogP contribution in [0.15, 0.2) is 30.3 Å². The van der Waals surface area contributed by atoms with Crippen LogP contribution >= 0.6 is 0 Å². The van der Waals surface area contributed by atoms with Gasteiger partial charge in [0.05, 0.1) is 11.2 Å². The van der Waals surface area contributed by atoms with E-state index in [0.29, 0.717) is 5.52 Å². The minimum Gasteiger partial charge on any atom is -0.477 e. The highest BCUT2D eigenvalue weighted by Gasteiger charge is 2.10. The van der Waals surface area contributed by atoms with Crippen molar-refractivity contribution in [3.05, 3.63) is 36.0 Å². The van der Waals surface area contributed by atoms with Gasteiger partial charge in [-0.2, -0.15) is 0 Å². The molecule has 0 bridgehead atoms. The number of carbonyl (C=O) groups is 1. The molecule has 0 atom stereocenters. The highest BCUT2D eigenvalue weighted by Crippen LogP contribution is 2.23. The monoisotopic (exact) mass is 231 g/mol. The van der Waals surface area contributed by atoms with Gasteiger partial charge in [0, 0.05) is 19.5 Å². The Morgan fingerprint density at radius 3 is 2.71 bits per heavy atom. The van der Waals surface area contributed by atoms with Gasteiger partial charge in [-0.15, -0.1) is 0 Å². The summed E-state index contributed by atoms with van der Waals surface area (Å²) >= 11 is 0. The van der Waals surface area contributed by atoms with Crippen molar-refractivity contribution >= 4 is 22.6 Å². The lowest BCUT2D eigenvalue weighted by Crippen LogP contribution is -2.20. The van der Waals surface area contributed by atoms with E-state index in [1.165, 1.54) is 6.07 Å². The third-order valence-corrected chi connectivity index (χ3v) is 2.28. The first kappa shape index (κ1) is 11.3. The second-order valence-electron chi connectivity index (χ2n) is 3.88. The van der Waals surface area contributed by atoms with Crippen molar-refractivity contribution in [2.24, 2.45) is 0 Å². The normalized spacial score (nSPS) is 10.8. The van der Waals surface area contributed by atoms with Crippen LogP contribution < -0.4 is 5.43 Å². The molecule has 5 nitrogen and oxygen atoms in total. The zero-order chi connectivity index (χ0) is 12.4. The SMILES string of the molecule is CN(C)Nc1cc(C(=O)O)nc2ccccc12. The van der Waals surface area contributed by atoms with E-state index in [9.17, 15) is 4.79 Å². The standard InChI is InChI=1S/C12H13N3O2/c1-15(2)14-10-7-11(12(16)17)13-9-6-4-3-5-8(9)10/h3-7H,1-2H3,(H,13,14)(H,16,17). The highest BCUT2D eigenvalue weighted by molar-refractivity contribution is 5.96. The molecular weight excluding hydrogens is 218 g/mol. The summed E-state index contributed by atoms with van der Waals surface area (Å²) in [7, 11) is 3.69. The number of carboxylic acid groups (broad SMARTS) is 1. The summed E-state index contributed by atoms with van der Waals surface area (Å²) in [6.07, 6.45) is 0. The summed E-state index contributed by atoms with van der Waals surface area (Å²) in [5, 5.41) is 11.7. The molecule has 88 valence electrons. The van der Waals surface area contributed by atoms with Crippen LogP contribution in [0.5, 0.6) is 0 Å². The molecule has 0 aliphatic carbocycles. The van der Waals surface area contributed by atoms with Crippen LogP contribution in [0.3, 0.4) is 0 Å². The van der Waals surface area contributed by atoms with Gasteiger partial charge in [0.25, 0.3) is 0 Å². The number of hydrogen-bond acceptors (Lipinski definition) is 4. The van der Waals surface area contributed by atoms with Gasteiger partial charge in [0.2, 0.25) is 0 Å².